The maximum Gasteiger partial charge on any atom is 0.119 e. The fourth-order valence-electron chi connectivity index (χ4n) is 1.27. The van der Waals surface area contributed by atoms with Gasteiger partial charge in [0.15, 0.2) is 0 Å². The SMILES string of the molecule is CCC(Br)(Br)COc1ccc(C(Br)Br)c(C)c1. The molecule has 5 heteroatoms. The summed E-state index contributed by atoms with van der Waals surface area (Å²) in [6.07, 6.45) is 0.953. The highest BCUT2D eigenvalue weighted by atomic mass is 79.9. The van der Waals surface area contributed by atoms with Crippen LogP contribution in [0.15, 0.2) is 18.2 Å². The summed E-state index contributed by atoms with van der Waals surface area (Å²) in [6.45, 7) is 4.77. The summed E-state index contributed by atoms with van der Waals surface area (Å²) >= 11 is 14.1. The summed E-state index contributed by atoms with van der Waals surface area (Å²) in [5.41, 5.74) is 2.42. The molecule has 0 N–H and O–H groups in total. The zero-order valence-corrected chi connectivity index (χ0v) is 16.0. The van der Waals surface area contributed by atoms with Crippen molar-refractivity contribution < 1.29 is 4.74 Å². The first-order chi connectivity index (χ1) is 7.85. The van der Waals surface area contributed by atoms with E-state index < -0.39 is 0 Å². The Balaban J connectivity index is 2.71. The molecule has 0 amide bonds. The second-order valence-corrected chi connectivity index (χ2v) is 11.0. The lowest BCUT2D eigenvalue weighted by atomic mass is 10.1. The highest BCUT2D eigenvalue weighted by molar-refractivity contribution is 9.25. The third-order valence-electron chi connectivity index (χ3n) is 2.44. The van der Waals surface area contributed by atoms with Gasteiger partial charge in [0, 0.05) is 0 Å². The number of aryl methyl sites for hydroxylation is 1. The van der Waals surface area contributed by atoms with Gasteiger partial charge in [0.1, 0.15) is 15.6 Å². The van der Waals surface area contributed by atoms with Crippen LogP contribution in [0.5, 0.6) is 5.75 Å². The lowest BCUT2D eigenvalue weighted by Gasteiger charge is -2.19. The predicted octanol–water partition coefficient (Wildman–Crippen LogP) is 6.06. The normalized spacial score (nSPS) is 11.9. The van der Waals surface area contributed by atoms with Crippen LogP contribution in [-0.4, -0.2) is 9.84 Å². The van der Waals surface area contributed by atoms with Gasteiger partial charge in [0.05, 0.1) is 3.74 Å². The van der Waals surface area contributed by atoms with Crippen molar-refractivity contribution in [3.63, 3.8) is 0 Å². The third kappa shape index (κ3) is 5.21. The van der Waals surface area contributed by atoms with Crippen molar-refractivity contribution >= 4 is 63.7 Å². The van der Waals surface area contributed by atoms with Crippen molar-refractivity contribution in [3.8, 4) is 5.75 Å². The van der Waals surface area contributed by atoms with Crippen molar-refractivity contribution in [2.75, 3.05) is 6.61 Å². The molecule has 0 aliphatic rings. The summed E-state index contributed by atoms with van der Waals surface area (Å²) in [5.74, 6) is 0.892. The van der Waals surface area contributed by atoms with E-state index in [4.69, 9.17) is 4.74 Å². The maximum absolute atomic E-state index is 5.75. The molecule has 0 heterocycles. The zero-order chi connectivity index (χ0) is 13.1. The lowest BCUT2D eigenvalue weighted by molar-refractivity contribution is 0.309. The van der Waals surface area contributed by atoms with Gasteiger partial charge in [0.25, 0.3) is 0 Å². The molecule has 0 unspecified atom stereocenters. The van der Waals surface area contributed by atoms with E-state index in [1.54, 1.807) is 0 Å². The van der Waals surface area contributed by atoms with E-state index in [9.17, 15) is 0 Å². The smallest absolute Gasteiger partial charge is 0.119 e. The molecule has 0 aromatic heterocycles. The fourth-order valence-corrected chi connectivity index (χ4v) is 2.53. The Labute approximate surface area is 136 Å². The minimum Gasteiger partial charge on any atom is -0.491 e. The Morgan fingerprint density at radius 3 is 2.41 bits per heavy atom. The van der Waals surface area contributed by atoms with Crippen LogP contribution in [0, 0.1) is 6.92 Å². The van der Waals surface area contributed by atoms with Crippen LogP contribution in [0.25, 0.3) is 0 Å². The van der Waals surface area contributed by atoms with Crippen molar-refractivity contribution in [1.82, 2.24) is 0 Å². The highest BCUT2D eigenvalue weighted by Gasteiger charge is 2.21. The average Bonchev–Trinajstić information content (AvgIpc) is 2.26. The molecule has 17 heavy (non-hydrogen) atoms. The molecule has 0 saturated carbocycles. The van der Waals surface area contributed by atoms with Crippen molar-refractivity contribution in [1.29, 1.82) is 0 Å². The van der Waals surface area contributed by atoms with Crippen molar-refractivity contribution in [3.05, 3.63) is 29.3 Å². The minimum absolute atomic E-state index is 0.139. The molecule has 0 atom stereocenters. The second kappa shape index (κ2) is 6.92. The molecular formula is C12H14Br4O. The minimum atomic E-state index is -0.139. The first-order valence-corrected chi connectivity index (χ1v) is 8.67. The molecule has 1 aromatic rings. The fraction of sp³-hybridized carbons (Fsp3) is 0.500. The van der Waals surface area contributed by atoms with Crippen LogP contribution in [0.4, 0.5) is 0 Å². The molecule has 0 aliphatic carbocycles. The van der Waals surface area contributed by atoms with Gasteiger partial charge in [-0.1, -0.05) is 76.7 Å². The van der Waals surface area contributed by atoms with Crippen LogP contribution >= 0.6 is 63.7 Å². The molecule has 0 saturated heterocycles. The van der Waals surface area contributed by atoms with E-state index in [0.717, 1.165) is 12.2 Å². The summed E-state index contributed by atoms with van der Waals surface area (Å²) in [4.78, 5) is 0. The molecule has 0 spiro atoms. The van der Waals surface area contributed by atoms with E-state index in [-0.39, 0.29) is 6.97 Å². The molecule has 0 fully saturated rings. The average molecular weight is 494 g/mol. The van der Waals surface area contributed by atoms with E-state index in [0.29, 0.717) is 6.61 Å². The third-order valence-corrected chi connectivity index (χ3v) is 5.01. The number of alkyl halides is 4. The van der Waals surface area contributed by atoms with Gasteiger partial charge in [-0.15, -0.1) is 0 Å². The number of benzene rings is 1. The molecular weight excluding hydrogens is 480 g/mol. The van der Waals surface area contributed by atoms with Gasteiger partial charge >= 0.3 is 0 Å². The van der Waals surface area contributed by atoms with Crippen LogP contribution in [-0.2, 0) is 0 Å². The number of ether oxygens (including phenoxy) is 1. The first-order valence-electron chi connectivity index (χ1n) is 5.25. The molecule has 0 aliphatic heterocycles. The van der Waals surface area contributed by atoms with Gasteiger partial charge in [-0.05, 0) is 36.6 Å². The van der Waals surface area contributed by atoms with Gasteiger partial charge in [-0.25, -0.2) is 0 Å². The largest absolute Gasteiger partial charge is 0.491 e. The Kier molecular flexibility index (Phi) is 6.51. The lowest BCUT2D eigenvalue weighted by Crippen LogP contribution is -2.20. The van der Waals surface area contributed by atoms with E-state index in [1.807, 2.05) is 6.07 Å². The molecule has 1 rings (SSSR count). The number of halogens is 4. The van der Waals surface area contributed by atoms with E-state index >= 15 is 0 Å². The highest BCUT2D eigenvalue weighted by Crippen LogP contribution is 2.34. The Hall–Kier alpha value is 0.940. The van der Waals surface area contributed by atoms with Gasteiger partial charge in [-0.3, -0.25) is 0 Å². The van der Waals surface area contributed by atoms with E-state index in [1.165, 1.54) is 11.1 Å². The molecule has 96 valence electrons. The van der Waals surface area contributed by atoms with Crippen molar-refractivity contribution in [2.24, 2.45) is 0 Å². The second-order valence-electron chi connectivity index (χ2n) is 3.82. The van der Waals surface area contributed by atoms with E-state index in [2.05, 4.69) is 89.7 Å². The summed E-state index contributed by atoms with van der Waals surface area (Å²) in [5, 5.41) is 0. The Morgan fingerprint density at radius 1 is 1.29 bits per heavy atom. The topological polar surface area (TPSA) is 9.23 Å². The van der Waals surface area contributed by atoms with Crippen LogP contribution in [0.2, 0.25) is 0 Å². The first kappa shape index (κ1) is 16.0. The van der Waals surface area contributed by atoms with Crippen LogP contribution < -0.4 is 4.74 Å². The molecule has 0 bridgehead atoms. The van der Waals surface area contributed by atoms with Crippen LogP contribution in [0.1, 0.15) is 28.2 Å². The standard InChI is InChI=1S/C12H14Br4O/c1-3-12(15,16)7-17-9-4-5-10(11(13)14)8(2)6-9/h4-6,11H,3,7H2,1-2H3. The zero-order valence-electron chi connectivity index (χ0n) is 9.64. The summed E-state index contributed by atoms with van der Waals surface area (Å²) in [6, 6.07) is 6.11. The van der Waals surface area contributed by atoms with Gasteiger partial charge in [0.2, 0.25) is 0 Å². The summed E-state index contributed by atoms with van der Waals surface area (Å²) in [7, 11) is 0. The van der Waals surface area contributed by atoms with Crippen LogP contribution in [0.3, 0.4) is 0 Å². The number of hydrogen-bond acceptors (Lipinski definition) is 1. The number of rotatable bonds is 5. The Bertz CT molecular complexity index is 377. The predicted molar refractivity (Wildman–Crippen MR) is 88.1 cm³/mol. The number of hydrogen-bond donors (Lipinski definition) is 0. The van der Waals surface area contributed by atoms with Gasteiger partial charge in [-0.2, -0.15) is 0 Å². The maximum atomic E-state index is 5.75. The molecule has 1 aromatic carbocycles. The molecule has 0 radical (unpaired) electrons. The van der Waals surface area contributed by atoms with Crippen molar-refractivity contribution in [2.45, 2.75) is 27.2 Å². The molecule has 1 nitrogen and oxygen atoms in total. The Morgan fingerprint density at radius 2 is 1.94 bits per heavy atom. The summed E-state index contributed by atoms with van der Waals surface area (Å²) < 4.78 is 5.80. The van der Waals surface area contributed by atoms with Gasteiger partial charge < -0.3 is 4.74 Å². The quantitative estimate of drug-likeness (QED) is 0.453. The monoisotopic (exact) mass is 490 g/mol.